The maximum atomic E-state index is 13.2. The number of nitrogens with zero attached hydrogens (tertiary/aromatic N) is 1. The molecular weight excluding hydrogens is 259 g/mol. The first-order valence-electron chi connectivity index (χ1n) is 6.24. The molecule has 0 amide bonds. The zero-order valence-electron chi connectivity index (χ0n) is 11.3. The summed E-state index contributed by atoms with van der Waals surface area (Å²) in [6, 6.07) is 10.8. The lowest BCUT2D eigenvalue weighted by Crippen LogP contribution is -2.08. The fourth-order valence-electron chi connectivity index (χ4n) is 1.95. The van der Waals surface area contributed by atoms with Gasteiger partial charge in [-0.2, -0.15) is 0 Å². The topological polar surface area (TPSA) is 55.2 Å². The largest absolute Gasteiger partial charge is 0.378 e. The van der Waals surface area contributed by atoms with Crippen LogP contribution in [0.1, 0.15) is 24.1 Å². The highest BCUT2D eigenvalue weighted by Crippen LogP contribution is 2.24. The Kier molecular flexibility index (Phi) is 3.98. The first kappa shape index (κ1) is 14.0. The number of benzene rings is 2. The third kappa shape index (κ3) is 3.12. The Morgan fingerprint density at radius 1 is 1.20 bits per heavy atom. The molecule has 0 aliphatic heterocycles. The van der Waals surface area contributed by atoms with Crippen molar-refractivity contribution >= 4 is 11.4 Å². The Balaban J connectivity index is 2.17. The number of aryl methyl sites for hydroxylation is 1. The van der Waals surface area contributed by atoms with Crippen LogP contribution >= 0.6 is 0 Å². The number of anilines is 1. The van der Waals surface area contributed by atoms with Gasteiger partial charge in [-0.05, 0) is 37.1 Å². The summed E-state index contributed by atoms with van der Waals surface area (Å²) >= 11 is 0. The van der Waals surface area contributed by atoms with Gasteiger partial charge in [0.2, 0.25) is 0 Å². The van der Waals surface area contributed by atoms with Gasteiger partial charge in [0, 0.05) is 23.9 Å². The lowest BCUT2D eigenvalue weighted by atomic mass is 10.1. The molecule has 5 heteroatoms. The van der Waals surface area contributed by atoms with E-state index in [-0.39, 0.29) is 17.5 Å². The van der Waals surface area contributed by atoms with Crippen molar-refractivity contribution in [1.82, 2.24) is 0 Å². The molecule has 0 spiro atoms. The maximum absolute atomic E-state index is 13.2. The molecule has 2 aromatic rings. The van der Waals surface area contributed by atoms with Crippen LogP contribution in [0.15, 0.2) is 42.5 Å². The minimum Gasteiger partial charge on any atom is -0.378 e. The van der Waals surface area contributed by atoms with Crippen molar-refractivity contribution in [1.29, 1.82) is 0 Å². The van der Waals surface area contributed by atoms with Gasteiger partial charge in [-0.3, -0.25) is 10.1 Å². The van der Waals surface area contributed by atoms with E-state index in [2.05, 4.69) is 5.32 Å². The molecule has 0 saturated carbocycles. The molecule has 0 aliphatic carbocycles. The summed E-state index contributed by atoms with van der Waals surface area (Å²) in [5.74, 6) is -0.297. The fraction of sp³-hybridized carbons (Fsp3) is 0.200. The first-order valence-corrected chi connectivity index (χ1v) is 6.24. The van der Waals surface area contributed by atoms with E-state index in [1.54, 1.807) is 18.2 Å². The molecule has 0 aliphatic rings. The van der Waals surface area contributed by atoms with Crippen LogP contribution in [0.5, 0.6) is 0 Å². The van der Waals surface area contributed by atoms with Gasteiger partial charge in [0.15, 0.2) is 0 Å². The summed E-state index contributed by atoms with van der Waals surface area (Å²) in [7, 11) is 0. The molecule has 1 atom stereocenters. The van der Waals surface area contributed by atoms with Crippen LogP contribution in [0, 0.1) is 22.9 Å². The Morgan fingerprint density at radius 3 is 2.45 bits per heavy atom. The summed E-state index contributed by atoms with van der Waals surface area (Å²) in [5.41, 5.74) is 2.62. The fourth-order valence-corrected chi connectivity index (χ4v) is 1.95. The van der Waals surface area contributed by atoms with Gasteiger partial charge < -0.3 is 5.32 Å². The van der Waals surface area contributed by atoms with Crippen LogP contribution in [-0.4, -0.2) is 4.92 Å². The van der Waals surface area contributed by atoms with Crippen molar-refractivity contribution in [2.75, 3.05) is 5.32 Å². The lowest BCUT2D eigenvalue weighted by molar-refractivity contribution is -0.384. The van der Waals surface area contributed by atoms with Gasteiger partial charge in [-0.25, -0.2) is 4.39 Å². The zero-order chi connectivity index (χ0) is 14.7. The van der Waals surface area contributed by atoms with Gasteiger partial charge in [-0.1, -0.05) is 18.2 Å². The summed E-state index contributed by atoms with van der Waals surface area (Å²) < 4.78 is 13.2. The second-order valence-corrected chi connectivity index (χ2v) is 4.67. The minimum atomic E-state index is -0.432. The van der Waals surface area contributed by atoms with E-state index in [9.17, 15) is 14.5 Å². The van der Waals surface area contributed by atoms with Crippen LogP contribution in [0.4, 0.5) is 15.8 Å². The molecule has 0 radical (unpaired) electrons. The second kappa shape index (κ2) is 5.69. The Labute approximate surface area is 116 Å². The second-order valence-electron chi connectivity index (χ2n) is 4.67. The normalized spacial score (nSPS) is 11.9. The number of nitro benzene ring substituents is 1. The molecule has 104 valence electrons. The molecule has 0 saturated heterocycles. The average Bonchev–Trinajstić information content (AvgIpc) is 2.43. The van der Waals surface area contributed by atoms with E-state index in [0.29, 0.717) is 0 Å². The van der Waals surface area contributed by atoms with E-state index in [1.165, 1.54) is 24.3 Å². The number of nitro groups is 1. The summed E-state index contributed by atoms with van der Waals surface area (Å²) in [6.07, 6.45) is 0. The van der Waals surface area contributed by atoms with Gasteiger partial charge in [0.05, 0.1) is 4.92 Å². The molecule has 0 fully saturated rings. The van der Waals surface area contributed by atoms with Gasteiger partial charge in [0.1, 0.15) is 5.82 Å². The summed E-state index contributed by atoms with van der Waals surface area (Å²) in [6.45, 7) is 3.82. The molecule has 0 bridgehead atoms. The van der Waals surface area contributed by atoms with Crippen LogP contribution in [0.25, 0.3) is 0 Å². The van der Waals surface area contributed by atoms with E-state index in [4.69, 9.17) is 0 Å². The number of hydrogen-bond acceptors (Lipinski definition) is 3. The SMILES string of the molecule is Cc1ccc(F)cc1NC(C)c1ccc([N+](=O)[O-])cc1. The van der Waals surface area contributed by atoms with Crippen molar-refractivity contribution < 1.29 is 9.31 Å². The molecule has 1 unspecified atom stereocenters. The highest BCUT2D eigenvalue weighted by molar-refractivity contribution is 5.52. The number of non-ortho nitro benzene ring substituents is 1. The highest BCUT2D eigenvalue weighted by atomic mass is 19.1. The number of rotatable bonds is 4. The number of halogens is 1. The van der Waals surface area contributed by atoms with E-state index in [1.807, 2.05) is 13.8 Å². The van der Waals surface area contributed by atoms with Gasteiger partial charge in [0.25, 0.3) is 5.69 Å². The highest BCUT2D eigenvalue weighted by Gasteiger charge is 2.10. The van der Waals surface area contributed by atoms with E-state index in [0.717, 1.165) is 16.8 Å². The predicted octanol–water partition coefficient (Wildman–Crippen LogP) is 4.22. The molecule has 0 heterocycles. The Morgan fingerprint density at radius 2 is 1.85 bits per heavy atom. The Hall–Kier alpha value is -2.43. The standard InChI is InChI=1S/C15H15FN2O2/c1-10-3-6-13(16)9-15(10)17-11(2)12-4-7-14(8-5-12)18(19)20/h3-9,11,17H,1-2H3. The van der Waals surface area contributed by atoms with Crippen molar-refractivity contribution in [3.63, 3.8) is 0 Å². The number of nitrogens with one attached hydrogen (secondary N) is 1. The van der Waals surface area contributed by atoms with Crippen LogP contribution in [-0.2, 0) is 0 Å². The molecular formula is C15H15FN2O2. The van der Waals surface area contributed by atoms with Crippen molar-refractivity contribution in [2.45, 2.75) is 19.9 Å². The van der Waals surface area contributed by atoms with Gasteiger partial charge in [-0.15, -0.1) is 0 Å². The Bertz CT molecular complexity index is 626. The lowest BCUT2D eigenvalue weighted by Gasteiger charge is -2.17. The van der Waals surface area contributed by atoms with Crippen molar-refractivity contribution in [3.05, 3.63) is 69.5 Å². The monoisotopic (exact) mass is 274 g/mol. The number of hydrogen-bond donors (Lipinski definition) is 1. The summed E-state index contributed by atoms with van der Waals surface area (Å²) in [4.78, 5) is 10.2. The first-order chi connectivity index (χ1) is 9.47. The van der Waals surface area contributed by atoms with Crippen LogP contribution in [0.3, 0.4) is 0 Å². The minimum absolute atomic E-state index is 0.0582. The summed E-state index contributed by atoms with van der Waals surface area (Å²) in [5, 5.41) is 13.8. The molecule has 2 rings (SSSR count). The molecule has 4 nitrogen and oxygen atoms in total. The molecule has 1 N–H and O–H groups in total. The quantitative estimate of drug-likeness (QED) is 0.671. The third-order valence-corrected chi connectivity index (χ3v) is 3.18. The van der Waals surface area contributed by atoms with Crippen molar-refractivity contribution in [3.8, 4) is 0 Å². The van der Waals surface area contributed by atoms with E-state index >= 15 is 0 Å². The maximum Gasteiger partial charge on any atom is 0.269 e. The average molecular weight is 274 g/mol. The van der Waals surface area contributed by atoms with Crippen LogP contribution < -0.4 is 5.32 Å². The molecule has 20 heavy (non-hydrogen) atoms. The third-order valence-electron chi connectivity index (χ3n) is 3.18. The smallest absolute Gasteiger partial charge is 0.269 e. The molecule has 0 aromatic heterocycles. The van der Waals surface area contributed by atoms with E-state index < -0.39 is 4.92 Å². The molecule has 2 aromatic carbocycles. The zero-order valence-corrected chi connectivity index (χ0v) is 11.3. The van der Waals surface area contributed by atoms with Crippen molar-refractivity contribution in [2.24, 2.45) is 0 Å². The van der Waals surface area contributed by atoms with Crippen LogP contribution in [0.2, 0.25) is 0 Å². The van der Waals surface area contributed by atoms with Gasteiger partial charge >= 0.3 is 0 Å². The predicted molar refractivity (Wildman–Crippen MR) is 76.3 cm³/mol.